The summed E-state index contributed by atoms with van der Waals surface area (Å²) in [4.78, 5) is 29.0. The number of nitrogens with zero attached hydrogens (tertiary/aromatic N) is 4. The van der Waals surface area contributed by atoms with E-state index < -0.39 is 36.0 Å². The molecule has 1 aliphatic heterocycles. The Kier molecular flexibility index (Phi) is 5.67. The molecule has 2 amide bonds. The molecule has 2 heterocycles. The second-order valence-corrected chi connectivity index (χ2v) is 11.9. The fourth-order valence-corrected chi connectivity index (χ4v) is 5.58. The van der Waals surface area contributed by atoms with Crippen molar-refractivity contribution in [2.75, 3.05) is 35.2 Å². The molecule has 40 heavy (non-hydrogen) atoms. The summed E-state index contributed by atoms with van der Waals surface area (Å²) in [5.74, 6) is -0.624. The fourth-order valence-electron chi connectivity index (χ4n) is 5.34. The number of carbonyl (C=O) groups excluding carboxylic acids is 2. The summed E-state index contributed by atoms with van der Waals surface area (Å²) in [7, 11) is 0. The second kappa shape index (κ2) is 9.80. The van der Waals surface area contributed by atoms with Crippen molar-refractivity contribution in [3.05, 3.63) is 58.9 Å². The van der Waals surface area contributed by atoms with E-state index in [0.29, 0.717) is 52.6 Å². The van der Waals surface area contributed by atoms with Crippen molar-refractivity contribution in [2.24, 2.45) is 11.8 Å². The number of benzene rings is 2. The van der Waals surface area contributed by atoms with Crippen LogP contribution in [0, 0.1) is 17.7 Å². The number of carbonyl (C=O) groups is 2. The van der Waals surface area contributed by atoms with Gasteiger partial charge in [-0.1, -0.05) is 23.7 Å². The molecule has 1 saturated heterocycles. The SMILES string of the molecule is [2H]C([2H])([2H])N(C(=O)c1c(F)cccc1Cl)c1ccc(-c2cc(NC(=O)OC3(C)CC3)nn2C(C)C)cc1N1CC2CC2C1. The number of hydrogen-bond acceptors (Lipinski definition) is 5. The lowest BCUT2D eigenvalue weighted by molar-refractivity contribution is 0.0988. The minimum Gasteiger partial charge on any atom is -0.443 e. The van der Waals surface area contributed by atoms with Crippen molar-refractivity contribution in [2.45, 2.75) is 51.7 Å². The fraction of sp³-hybridized carbons (Fsp3) is 0.433. The highest BCUT2D eigenvalue weighted by Crippen LogP contribution is 2.48. The third kappa shape index (κ3) is 5.03. The van der Waals surface area contributed by atoms with Crippen molar-refractivity contribution < 1.29 is 22.8 Å². The molecule has 10 heteroatoms. The van der Waals surface area contributed by atoms with Crippen LogP contribution in [0.3, 0.4) is 0 Å². The second-order valence-electron chi connectivity index (χ2n) is 11.5. The molecule has 3 fully saturated rings. The van der Waals surface area contributed by atoms with E-state index in [9.17, 15) is 14.0 Å². The number of nitrogens with one attached hydrogen (secondary N) is 1. The van der Waals surface area contributed by atoms with Gasteiger partial charge in [-0.2, -0.15) is 5.10 Å². The topological polar surface area (TPSA) is 79.7 Å². The van der Waals surface area contributed by atoms with Crippen LogP contribution in [0.5, 0.6) is 0 Å². The van der Waals surface area contributed by atoms with Crippen LogP contribution in [-0.4, -0.2) is 47.4 Å². The van der Waals surface area contributed by atoms with E-state index in [2.05, 4.69) is 15.3 Å². The summed E-state index contributed by atoms with van der Waals surface area (Å²) in [6.45, 7) is 4.29. The average Bonchev–Trinajstić information content (AvgIpc) is 3.72. The quantitative estimate of drug-likeness (QED) is 0.341. The number of piperidine rings is 1. The lowest BCUT2D eigenvalue weighted by Gasteiger charge is -2.29. The number of aromatic nitrogens is 2. The van der Waals surface area contributed by atoms with E-state index in [0.717, 1.165) is 25.3 Å². The molecule has 8 nitrogen and oxygen atoms in total. The number of rotatable bonds is 7. The highest BCUT2D eigenvalue weighted by molar-refractivity contribution is 6.34. The molecule has 2 unspecified atom stereocenters. The minimum atomic E-state index is -2.93. The summed E-state index contributed by atoms with van der Waals surface area (Å²) in [6.07, 6.45) is 2.17. The van der Waals surface area contributed by atoms with Crippen LogP contribution in [-0.2, 0) is 4.74 Å². The van der Waals surface area contributed by atoms with Crippen molar-refractivity contribution in [1.82, 2.24) is 9.78 Å². The maximum absolute atomic E-state index is 14.8. The van der Waals surface area contributed by atoms with Crippen LogP contribution in [0.1, 0.15) is 60.5 Å². The van der Waals surface area contributed by atoms with Crippen molar-refractivity contribution >= 4 is 40.8 Å². The van der Waals surface area contributed by atoms with Gasteiger partial charge in [0, 0.05) is 41.8 Å². The van der Waals surface area contributed by atoms with Gasteiger partial charge >= 0.3 is 6.09 Å². The standard InChI is InChI=1S/C30H33ClFN5O3/c1-17(2)37-24(14-26(34-37)33-29(39)40-30(3)10-11-30)18-8-9-23(25(13-18)36-15-19-12-20(19)16-36)35(4)28(38)27-21(31)6-5-7-22(27)32/h5-9,13-14,17,19-20H,10-12,15-16H2,1-4H3,(H,33,34,39)/i4D3. The van der Waals surface area contributed by atoms with E-state index >= 15 is 0 Å². The molecule has 210 valence electrons. The normalized spacial score (nSPS) is 21.8. The summed E-state index contributed by atoms with van der Waals surface area (Å²) >= 11 is 6.20. The number of fused-ring (bicyclic) bond motifs is 1. The number of ether oxygens (including phenoxy) is 1. The van der Waals surface area contributed by atoms with Gasteiger partial charge in [-0.25, -0.2) is 9.18 Å². The molecular formula is C30H33ClFN5O3. The van der Waals surface area contributed by atoms with Gasteiger partial charge in [-0.05, 0) is 76.1 Å². The monoisotopic (exact) mass is 568 g/mol. The molecule has 2 aliphatic carbocycles. The van der Waals surface area contributed by atoms with Crippen LogP contribution >= 0.6 is 11.6 Å². The van der Waals surface area contributed by atoms with Crippen LogP contribution in [0.25, 0.3) is 11.3 Å². The molecule has 3 aliphatic rings. The highest BCUT2D eigenvalue weighted by Gasteiger charge is 2.46. The average molecular weight is 569 g/mol. The molecular weight excluding hydrogens is 533 g/mol. The molecule has 0 bridgehead atoms. The van der Waals surface area contributed by atoms with E-state index in [1.54, 1.807) is 22.9 Å². The Morgan fingerprint density at radius 1 is 1.23 bits per heavy atom. The third-order valence-corrected chi connectivity index (χ3v) is 8.27. The first-order valence-electron chi connectivity index (χ1n) is 15.0. The zero-order valence-corrected chi connectivity index (χ0v) is 23.3. The van der Waals surface area contributed by atoms with Crippen LogP contribution in [0.15, 0.2) is 42.5 Å². The van der Waals surface area contributed by atoms with Crippen molar-refractivity contribution in [3.63, 3.8) is 0 Å². The minimum absolute atomic E-state index is 0.0753. The van der Waals surface area contributed by atoms with E-state index in [-0.39, 0.29) is 16.8 Å². The van der Waals surface area contributed by atoms with Gasteiger partial charge in [0.1, 0.15) is 11.4 Å². The zero-order valence-electron chi connectivity index (χ0n) is 25.6. The molecule has 6 rings (SSSR count). The molecule has 1 N–H and O–H groups in total. The number of anilines is 3. The lowest BCUT2D eigenvalue weighted by atomic mass is 10.1. The Bertz CT molecular complexity index is 1580. The maximum Gasteiger partial charge on any atom is 0.413 e. The van der Waals surface area contributed by atoms with Crippen LogP contribution in [0.2, 0.25) is 5.02 Å². The first-order valence-corrected chi connectivity index (χ1v) is 13.9. The molecule has 3 aromatic rings. The molecule has 2 saturated carbocycles. The van der Waals surface area contributed by atoms with Gasteiger partial charge in [0.25, 0.3) is 5.91 Å². The Balaban J connectivity index is 1.42. The maximum atomic E-state index is 14.8. The van der Waals surface area contributed by atoms with Crippen molar-refractivity contribution in [1.29, 1.82) is 0 Å². The van der Waals surface area contributed by atoms with Gasteiger partial charge in [-0.15, -0.1) is 0 Å². The molecule has 2 aromatic carbocycles. The highest BCUT2D eigenvalue weighted by atomic mass is 35.5. The predicted molar refractivity (Wildman–Crippen MR) is 154 cm³/mol. The first kappa shape index (κ1) is 23.1. The summed E-state index contributed by atoms with van der Waals surface area (Å²) in [5, 5.41) is 7.14. The molecule has 2 atom stereocenters. The van der Waals surface area contributed by atoms with E-state index in [1.165, 1.54) is 12.1 Å². The van der Waals surface area contributed by atoms with E-state index in [1.807, 2.05) is 26.8 Å². The van der Waals surface area contributed by atoms with Gasteiger partial charge in [0.2, 0.25) is 0 Å². The smallest absolute Gasteiger partial charge is 0.413 e. The Morgan fingerprint density at radius 2 is 1.98 bits per heavy atom. The zero-order chi connectivity index (χ0) is 30.8. The number of amides is 2. The van der Waals surface area contributed by atoms with Gasteiger partial charge in [-0.3, -0.25) is 14.8 Å². The summed E-state index contributed by atoms with van der Waals surface area (Å²) in [6, 6.07) is 10.6. The largest absolute Gasteiger partial charge is 0.443 e. The summed E-state index contributed by atoms with van der Waals surface area (Å²) < 4.78 is 47.0. The Morgan fingerprint density at radius 3 is 2.62 bits per heavy atom. The number of hydrogen-bond donors (Lipinski definition) is 1. The van der Waals surface area contributed by atoms with Crippen LogP contribution < -0.4 is 15.1 Å². The van der Waals surface area contributed by atoms with Gasteiger partial charge in [0.05, 0.1) is 27.7 Å². The van der Waals surface area contributed by atoms with Gasteiger partial charge in [0.15, 0.2) is 5.82 Å². The van der Waals surface area contributed by atoms with Crippen molar-refractivity contribution in [3.8, 4) is 11.3 Å². The number of halogens is 2. The molecule has 0 spiro atoms. The Labute approximate surface area is 242 Å². The predicted octanol–water partition coefficient (Wildman–Crippen LogP) is 6.76. The Hall–Kier alpha value is -3.59. The van der Waals surface area contributed by atoms with E-state index in [4.69, 9.17) is 20.5 Å². The third-order valence-electron chi connectivity index (χ3n) is 7.96. The van der Waals surface area contributed by atoms with Gasteiger partial charge < -0.3 is 14.5 Å². The first-order chi connectivity index (χ1) is 20.2. The molecule has 1 aromatic heterocycles. The van der Waals surface area contributed by atoms with Crippen LogP contribution in [0.4, 0.5) is 26.4 Å². The molecule has 0 radical (unpaired) electrons. The lowest BCUT2D eigenvalue weighted by Crippen LogP contribution is -2.31. The summed E-state index contributed by atoms with van der Waals surface area (Å²) in [5.41, 5.74) is 1.12.